The summed E-state index contributed by atoms with van der Waals surface area (Å²) in [5.41, 5.74) is 3.96. The fourth-order valence-electron chi connectivity index (χ4n) is 2.93. The second-order valence-corrected chi connectivity index (χ2v) is 6.95. The Morgan fingerprint density at radius 1 is 0.929 bits per heavy atom. The van der Waals surface area contributed by atoms with Gasteiger partial charge in [0.05, 0.1) is 6.54 Å². The molecule has 3 rings (SSSR count). The molecule has 2 N–H and O–H groups in total. The summed E-state index contributed by atoms with van der Waals surface area (Å²) in [6.45, 7) is 4.93. The van der Waals surface area contributed by atoms with Crippen LogP contribution in [0.3, 0.4) is 0 Å². The first-order valence-corrected chi connectivity index (χ1v) is 9.51. The van der Waals surface area contributed by atoms with Crippen molar-refractivity contribution >= 4 is 17.3 Å². The smallest absolute Gasteiger partial charge is 0.243 e. The first-order valence-electron chi connectivity index (χ1n) is 9.51. The van der Waals surface area contributed by atoms with Gasteiger partial charge in [-0.15, -0.1) is 0 Å². The Balaban J connectivity index is 1.54. The van der Waals surface area contributed by atoms with Crippen molar-refractivity contribution in [3.8, 4) is 5.75 Å². The number of nitrogens with one attached hydrogen (secondary N) is 2. The van der Waals surface area contributed by atoms with E-state index in [0.717, 1.165) is 28.3 Å². The van der Waals surface area contributed by atoms with E-state index in [1.807, 2.05) is 78.9 Å². The number of para-hydroxylation sites is 1. The van der Waals surface area contributed by atoms with Crippen LogP contribution in [0.2, 0.25) is 0 Å². The zero-order valence-corrected chi connectivity index (χ0v) is 16.3. The summed E-state index contributed by atoms with van der Waals surface area (Å²) in [6.07, 6.45) is 0. The topological polar surface area (TPSA) is 50.4 Å². The maximum absolute atomic E-state index is 12.4. The van der Waals surface area contributed by atoms with E-state index in [1.165, 1.54) is 0 Å². The molecule has 1 amide bonds. The quantitative estimate of drug-likeness (QED) is 0.552. The normalized spacial score (nSPS) is 10.5. The maximum Gasteiger partial charge on any atom is 0.243 e. The van der Waals surface area contributed by atoms with E-state index in [1.54, 1.807) is 0 Å². The minimum Gasteiger partial charge on any atom is -0.489 e. The van der Waals surface area contributed by atoms with Gasteiger partial charge < -0.3 is 15.4 Å². The fourth-order valence-corrected chi connectivity index (χ4v) is 2.93. The number of hydrogen-bond donors (Lipinski definition) is 2. The molecular formula is C24H26N2O2. The van der Waals surface area contributed by atoms with E-state index >= 15 is 0 Å². The van der Waals surface area contributed by atoms with E-state index < -0.39 is 0 Å². The fraction of sp³-hybridized carbons (Fsp3) is 0.208. The van der Waals surface area contributed by atoms with Gasteiger partial charge in [-0.1, -0.05) is 68.4 Å². The Morgan fingerprint density at radius 3 is 2.46 bits per heavy atom. The van der Waals surface area contributed by atoms with Crippen LogP contribution in [0.25, 0.3) is 0 Å². The largest absolute Gasteiger partial charge is 0.489 e. The molecule has 0 aliphatic heterocycles. The van der Waals surface area contributed by atoms with Crippen molar-refractivity contribution in [2.24, 2.45) is 0 Å². The number of ether oxygens (including phenoxy) is 1. The van der Waals surface area contributed by atoms with Gasteiger partial charge in [-0.3, -0.25) is 4.79 Å². The molecule has 0 bridgehead atoms. The van der Waals surface area contributed by atoms with Crippen molar-refractivity contribution in [2.75, 3.05) is 17.2 Å². The van der Waals surface area contributed by atoms with Crippen LogP contribution in [-0.4, -0.2) is 12.5 Å². The predicted octanol–water partition coefficient (Wildman–Crippen LogP) is 5.44. The molecule has 28 heavy (non-hydrogen) atoms. The molecule has 0 atom stereocenters. The molecular weight excluding hydrogens is 348 g/mol. The first-order chi connectivity index (χ1) is 13.6. The molecule has 0 aliphatic rings. The van der Waals surface area contributed by atoms with Crippen molar-refractivity contribution < 1.29 is 9.53 Å². The third-order valence-corrected chi connectivity index (χ3v) is 4.39. The number of carbonyl (C=O) groups excluding carboxylic acids is 1. The molecule has 0 radical (unpaired) electrons. The molecule has 0 aliphatic carbocycles. The minimum absolute atomic E-state index is 0.0799. The standard InChI is InChI=1S/C24H26N2O2/c1-18(2)22-13-6-7-14-23(22)26-24(27)16-25-20-11-8-12-21(15-20)28-17-19-9-4-3-5-10-19/h3-15,18,25H,16-17H2,1-2H3,(H,26,27). The summed E-state index contributed by atoms with van der Waals surface area (Å²) in [4.78, 5) is 12.4. The van der Waals surface area contributed by atoms with Gasteiger partial charge in [0.25, 0.3) is 0 Å². The number of rotatable bonds is 8. The van der Waals surface area contributed by atoms with Gasteiger partial charge in [0.15, 0.2) is 0 Å². The number of anilines is 2. The second kappa shape index (κ2) is 9.60. The summed E-state index contributed by atoms with van der Waals surface area (Å²) >= 11 is 0. The van der Waals surface area contributed by atoms with E-state index in [4.69, 9.17) is 4.74 Å². The van der Waals surface area contributed by atoms with Crippen LogP contribution in [0.1, 0.15) is 30.9 Å². The molecule has 0 spiro atoms. The third kappa shape index (κ3) is 5.61. The Morgan fingerprint density at radius 2 is 1.68 bits per heavy atom. The average molecular weight is 374 g/mol. The van der Waals surface area contributed by atoms with Gasteiger partial charge in [0.1, 0.15) is 12.4 Å². The Hall–Kier alpha value is -3.27. The van der Waals surface area contributed by atoms with Crippen molar-refractivity contribution in [2.45, 2.75) is 26.4 Å². The highest BCUT2D eigenvalue weighted by atomic mass is 16.5. The average Bonchev–Trinajstić information content (AvgIpc) is 2.72. The molecule has 0 fully saturated rings. The molecule has 3 aromatic rings. The number of benzene rings is 3. The highest BCUT2D eigenvalue weighted by Crippen LogP contribution is 2.23. The SMILES string of the molecule is CC(C)c1ccccc1NC(=O)CNc1cccc(OCc2ccccc2)c1. The van der Waals surface area contributed by atoms with Crippen LogP contribution in [0.5, 0.6) is 5.75 Å². The molecule has 0 saturated heterocycles. The zero-order valence-electron chi connectivity index (χ0n) is 16.3. The van der Waals surface area contributed by atoms with Crippen molar-refractivity contribution in [1.82, 2.24) is 0 Å². The summed E-state index contributed by atoms with van der Waals surface area (Å²) in [7, 11) is 0. The van der Waals surface area contributed by atoms with Crippen LogP contribution in [0.4, 0.5) is 11.4 Å². The molecule has 0 aromatic heterocycles. The van der Waals surface area contributed by atoms with E-state index in [0.29, 0.717) is 12.5 Å². The van der Waals surface area contributed by atoms with Gasteiger partial charge >= 0.3 is 0 Å². The molecule has 0 unspecified atom stereocenters. The summed E-state index contributed by atoms with van der Waals surface area (Å²) in [6, 6.07) is 25.6. The molecule has 4 heteroatoms. The van der Waals surface area contributed by atoms with Crippen LogP contribution in [0, 0.1) is 0 Å². The summed E-state index contributed by atoms with van der Waals surface area (Å²) in [5.74, 6) is 1.03. The van der Waals surface area contributed by atoms with Crippen molar-refractivity contribution in [1.29, 1.82) is 0 Å². The first kappa shape index (κ1) is 19.5. The van der Waals surface area contributed by atoms with Crippen molar-refractivity contribution in [3.63, 3.8) is 0 Å². The number of hydrogen-bond acceptors (Lipinski definition) is 3. The third-order valence-electron chi connectivity index (χ3n) is 4.39. The van der Waals surface area contributed by atoms with Gasteiger partial charge in [-0.25, -0.2) is 0 Å². The lowest BCUT2D eigenvalue weighted by Crippen LogP contribution is -2.22. The number of carbonyl (C=O) groups is 1. The van der Waals surface area contributed by atoms with Crippen LogP contribution >= 0.6 is 0 Å². The maximum atomic E-state index is 12.4. The van der Waals surface area contributed by atoms with E-state index in [2.05, 4.69) is 24.5 Å². The van der Waals surface area contributed by atoms with Crippen LogP contribution in [-0.2, 0) is 11.4 Å². The highest BCUT2D eigenvalue weighted by Gasteiger charge is 2.09. The summed E-state index contributed by atoms with van der Waals surface area (Å²) in [5, 5.41) is 6.15. The Labute approximate surface area is 166 Å². The summed E-state index contributed by atoms with van der Waals surface area (Å²) < 4.78 is 5.84. The second-order valence-electron chi connectivity index (χ2n) is 6.95. The Bertz CT molecular complexity index is 907. The van der Waals surface area contributed by atoms with Gasteiger partial charge in [-0.2, -0.15) is 0 Å². The van der Waals surface area contributed by atoms with E-state index in [9.17, 15) is 4.79 Å². The van der Waals surface area contributed by atoms with Crippen molar-refractivity contribution in [3.05, 3.63) is 90.0 Å². The molecule has 4 nitrogen and oxygen atoms in total. The molecule has 0 heterocycles. The molecule has 144 valence electrons. The van der Waals surface area contributed by atoms with Crippen LogP contribution in [0.15, 0.2) is 78.9 Å². The Kier molecular flexibility index (Phi) is 6.68. The lowest BCUT2D eigenvalue weighted by atomic mass is 10.0. The van der Waals surface area contributed by atoms with Crippen LogP contribution < -0.4 is 15.4 Å². The lowest BCUT2D eigenvalue weighted by molar-refractivity contribution is -0.114. The van der Waals surface area contributed by atoms with Gasteiger partial charge in [-0.05, 0) is 35.2 Å². The predicted molar refractivity (Wildman–Crippen MR) is 115 cm³/mol. The molecule has 3 aromatic carbocycles. The minimum atomic E-state index is -0.0799. The van der Waals surface area contributed by atoms with E-state index in [-0.39, 0.29) is 12.5 Å². The van der Waals surface area contributed by atoms with Gasteiger partial charge in [0.2, 0.25) is 5.91 Å². The number of amides is 1. The monoisotopic (exact) mass is 374 g/mol. The highest BCUT2D eigenvalue weighted by molar-refractivity contribution is 5.94. The zero-order chi connectivity index (χ0) is 19.8. The lowest BCUT2D eigenvalue weighted by Gasteiger charge is -2.14. The molecule has 0 saturated carbocycles. The van der Waals surface area contributed by atoms with Gasteiger partial charge in [0, 0.05) is 17.4 Å².